The molecule has 1 amide bonds. The summed E-state index contributed by atoms with van der Waals surface area (Å²) in [5, 5.41) is 3.30. The Hall–Kier alpha value is -1.94. The average Bonchev–Trinajstić information content (AvgIpc) is 3.26. The molecule has 0 aliphatic heterocycles. The summed E-state index contributed by atoms with van der Waals surface area (Å²) in [4.78, 5) is 20.4. The first-order valence-corrected chi connectivity index (χ1v) is 6.91. The number of aryl methyl sites for hydroxylation is 1. The third kappa shape index (κ3) is 2.80. The van der Waals surface area contributed by atoms with Gasteiger partial charge in [0.15, 0.2) is 0 Å². The number of benzene rings is 1. The van der Waals surface area contributed by atoms with E-state index in [-0.39, 0.29) is 5.91 Å². The summed E-state index contributed by atoms with van der Waals surface area (Å²) in [6.07, 6.45) is 3.73. The zero-order valence-corrected chi connectivity index (χ0v) is 11.8. The Labute approximate surface area is 122 Å². The molecular weight excluding hydrogens is 274 g/mol. The summed E-state index contributed by atoms with van der Waals surface area (Å²) >= 11 is 6.11. The van der Waals surface area contributed by atoms with Crippen molar-refractivity contribution in [1.82, 2.24) is 9.97 Å². The SMILES string of the molecule is Cc1ccc(NC(=O)c2cc(C3CC3)ncn2)c(Cl)c1. The van der Waals surface area contributed by atoms with Gasteiger partial charge >= 0.3 is 0 Å². The van der Waals surface area contributed by atoms with Crippen molar-refractivity contribution in [1.29, 1.82) is 0 Å². The first-order valence-electron chi connectivity index (χ1n) is 6.53. The van der Waals surface area contributed by atoms with Crippen LogP contribution in [0.2, 0.25) is 5.02 Å². The molecule has 1 N–H and O–H groups in total. The number of amides is 1. The average molecular weight is 288 g/mol. The van der Waals surface area contributed by atoms with E-state index in [0.29, 0.717) is 22.3 Å². The lowest BCUT2D eigenvalue weighted by Crippen LogP contribution is -2.14. The van der Waals surface area contributed by atoms with Crippen LogP contribution in [0.3, 0.4) is 0 Å². The van der Waals surface area contributed by atoms with Gasteiger partial charge in [0.05, 0.1) is 10.7 Å². The predicted octanol–water partition coefficient (Wildman–Crippen LogP) is 3.57. The zero-order valence-electron chi connectivity index (χ0n) is 11.1. The molecule has 0 bridgehead atoms. The first-order chi connectivity index (χ1) is 9.63. The van der Waals surface area contributed by atoms with Gasteiger partial charge in [0.25, 0.3) is 5.91 Å². The molecule has 0 atom stereocenters. The van der Waals surface area contributed by atoms with Crippen molar-refractivity contribution in [3.05, 3.63) is 52.6 Å². The molecule has 2 aromatic rings. The number of nitrogens with one attached hydrogen (secondary N) is 1. The van der Waals surface area contributed by atoms with Crippen molar-refractivity contribution in [2.75, 3.05) is 5.32 Å². The van der Waals surface area contributed by atoms with Gasteiger partial charge in [0.1, 0.15) is 12.0 Å². The maximum Gasteiger partial charge on any atom is 0.274 e. The molecule has 3 rings (SSSR count). The summed E-state index contributed by atoms with van der Waals surface area (Å²) in [5.74, 6) is 0.229. The van der Waals surface area contributed by atoms with Crippen LogP contribution < -0.4 is 5.32 Å². The van der Waals surface area contributed by atoms with Crippen LogP contribution in [0.1, 0.15) is 40.5 Å². The molecule has 5 heteroatoms. The summed E-state index contributed by atoms with van der Waals surface area (Å²) in [6, 6.07) is 7.26. The van der Waals surface area contributed by atoms with E-state index in [4.69, 9.17) is 11.6 Å². The van der Waals surface area contributed by atoms with Crippen molar-refractivity contribution in [3.8, 4) is 0 Å². The molecule has 1 aliphatic carbocycles. The van der Waals surface area contributed by atoms with Crippen molar-refractivity contribution >= 4 is 23.2 Å². The van der Waals surface area contributed by atoms with Crippen LogP contribution in [-0.4, -0.2) is 15.9 Å². The number of carbonyl (C=O) groups excluding carboxylic acids is 1. The van der Waals surface area contributed by atoms with E-state index in [0.717, 1.165) is 24.1 Å². The normalized spacial score (nSPS) is 14.1. The van der Waals surface area contributed by atoms with Gasteiger partial charge < -0.3 is 5.32 Å². The second-order valence-corrected chi connectivity index (χ2v) is 5.45. The molecule has 1 aliphatic rings. The Morgan fingerprint density at radius 1 is 1.30 bits per heavy atom. The fourth-order valence-corrected chi connectivity index (χ4v) is 2.29. The molecular formula is C15H14ClN3O. The number of hydrogen-bond acceptors (Lipinski definition) is 3. The van der Waals surface area contributed by atoms with Crippen LogP contribution in [-0.2, 0) is 0 Å². The number of anilines is 1. The molecule has 4 nitrogen and oxygen atoms in total. The van der Waals surface area contributed by atoms with Crippen LogP contribution in [0.4, 0.5) is 5.69 Å². The number of nitrogens with zero attached hydrogens (tertiary/aromatic N) is 2. The van der Waals surface area contributed by atoms with Gasteiger partial charge in [0, 0.05) is 11.6 Å². The Balaban J connectivity index is 1.80. The highest BCUT2D eigenvalue weighted by molar-refractivity contribution is 6.34. The molecule has 1 heterocycles. The molecule has 0 spiro atoms. The van der Waals surface area contributed by atoms with E-state index in [1.807, 2.05) is 19.1 Å². The number of carbonyl (C=O) groups is 1. The zero-order chi connectivity index (χ0) is 14.1. The lowest BCUT2D eigenvalue weighted by molar-refractivity contribution is 0.102. The maximum atomic E-state index is 12.2. The fourth-order valence-electron chi connectivity index (χ4n) is 2.01. The monoisotopic (exact) mass is 287 g/mol. The number of hydrogen-bond donors (Lipinski definition) is 1. The second-order valence-electron chi connectivity index (χ2n) is 5.04. The number of halogens is 1. The minimum absolute atomic E-state index is 0.264. The van der Waals surface area contributed by atoms with Crippen LogP contribution >= 0.6 is 11.6 Å². The summed E-state index contributed by atoms with van der Waals surface area (Å²) in [7, 11) is 0. The van der Waals surface area contributed by atoms with Crippen LogP contribution in [0.15, 0.2) is 30.6 Å². The molecule has 1 saturated carbocycles. The molecule has 0 unspecified atom stereocenters. The summed E-state index contributed by atoms with van der Waals surface area (Å²) in [6.45, 7) is 1.95. The summed E-state index contributed by atoms with van der Waals surface area (Å²) in [5.41, 5.74) is 2.96. The van der Waals surface area contributed by atoms with Crippen molar-refractivity contribution in [2.45, 2.75) is 25.7 Å². The third-order valence-electron chi connectivity index (χ3n) is 3.29. The van der Waals surface area contributed by atoms with Gasteiger partial charge in [0.2, 0.25) is 0 Å². The highest BCUT2D eigenvalue weighted by Gasteiger charge is 2.26. The first kappa shape index (κ1) is 13.1. The molecule has 1 aromatic carbocycles. The third-order valence-corrected chi connectivity index (χ3v) is 3.60. The molecule has 0 saturated heterocycles. The van der Waals surface area contributed by atoms with E-state index in [1.165, 1.54) is 6.33 Å². The highest BCUT2D eigenvalue weighted by Crippen LogP contribution is 2.38. The van der Waals surface area contributed by atoms with Gasteiger partial charge in [-0.2, -0.15) is 0 Å². The number of aromatic nitrogens is 2. The second kappa shape index (κ2) is 5.21. The van der Waals surface area contributed by atoms with E-state index in [9.17, 15) is 4.79 Å². The van der Waals surface area contributed by atoms with Gasteiger partial charge in [-0.05, 0) is 43.5 Å². The van der Waals surface area contributed by atoms with Crippen LogP contribution in [0, 0.1) is 6.92 Å². The van der Waals surface area contributed by atoms with Crippen molar-refractivity contribution in [2.24, 2.45) is 0 Å². The van der Waals surface area contributed by atoms with E-state index in [1.54, 1.807) is 12.1 Å². The van der Waals surface area contributed by atoms with Gasteiger partial charge in [-0.1, -0.05) is 17.7 Å². The van der Waals surface area contributed by atoms with E-state index >= 15 is 0 Å². The highest BCUT2D eigenvalue weighted by atomic mass is 35.5. The largest absolute Gasteiger partial charge is 0.319 e. The Kier molecular flexibility index (Phi) is 3.40. The molecule has 1 fully saturated rings. The Bertz CT molecular complexity index is 668. The van der Waals surface area contributed by atoms with Gasteiger partial charge in [-0.15, -0.1) is 0 Å². The molecule has 1 aromatic heterocycles. The lowest BCUT2D eigenvalue weighted by Gasteiger charge is -2.08. The lowest BCUT2D eigenvalue weighted by atomic mass is 10.2. The van der Waals surface area contributed by atoms with Gasteiger partial charge in [-0.25, -0.2) is 9.97 Å². The quantitative estimate of drug-likeness (QED) is 0.939. The predicted molar refractivity (Wildman–Crippen MR) is 78.1 cm³/mol. The van der Waals surface area contributed by atoms with E-state index in [2.05, 4.69) is 15.3 Å². The van der Waals surface area contributed by atoms with Crippen LogP contribution in [0.25, 0.3) is 0 Å². The number of rotatable bonds is 3. The van der Waals surface area contributed by atoms with Crippen molar-refractivity contribution in [3.63, 3.8) is 0 Å². The molecule has 102 valence electrons. The van der Waals surface area contributed by atoms with Crippen LogP contribution in [0.5, 0.6) is 0 Å². The summed E-state index contributed by atoms with van der Waals surface area (Å²) < 4.78 is 0. The minimum Gasteiger partial charge on any atom is -0.319 e. The Morgan fingerprint density at radius 2 is 2.10 bits per heavy atom. The van der Waals surface area contributed by atoms with Gasteiger partial charge in [-0.3, -0.25) is 4.79 Å². The topological polar surface area (TPSA) is 54.9 Å². The fraction of sp³-hybridized carbons (Fsp3) is 0.267. The maximum absolute atomic E-state index is 12.2. The molecule has 0 radical (unpaired) electrons. The Morgan fingerprint density at radius 3 is 2.80 bits per heavy atom. The van der Waals surface area contributed by atoms with Crippen molar-refractivity contribution < 1.29 is 4.79 Å². The van der Waals surface area contributed by atoms with E-state index < -0.39 is 0 Å². The minimum atomic E-state index is -0.264. The standard InChI is InChI=1S/C15H14ClN3O/c1-9-2-5-12(11(16)6-9)19-15(20)14-7-13(10-3-4-10)17-8-18-14/h2,5-8,10H,3-4H2,1H3,(H,19,20). The molecule has 20 heavy (non-hydrogen) atoms. The smallest absolute Gasteiger partial charge is 0.274 e.